The van der Waals surface area contributed by atoms with Crippen LogP contribution in [-0.4, -0.2) is 16.6 Å². The van der Waals surface area contributed by atoms with Crippen LogP contribution in [0.2, 0.25) is 0 Å². The van der Waals surface area contributed by atoms with Crippen molar-refractivity contribution in [2.75, 3.05) is 6.54 Å². The van der Waals surface area contributed by atoms with Gasteiger partial charge in [-0.25, -0.2) is 0 Å². The summed E-state index contributed by atoms with van der Waals surface area (Å²) in [5.74, 6) is 1.87. The minimum Gasteiger partial charge on any atom is -0.488 e. The number of fused-ring (bicyclic) bond motifs is 1. The molecular weight excluding hydrogens is 520 g/mol. The normalized spacial score (nSPS) is 15.0. The Morgan fingerprint density at radius 3 is 2.14 bits per heavy atom. The number of hydroxylamine groups is 2. The number of nitrogens with zero attached hydrogens (tertiary/aromatic N) is 2. The Kier molecular flexibility index (Phi) is 8.20. The van der Waals surface area contributed by atoms with Crippen LogP contribution in [0, 0.1) is 0 Å². The van der Waals surface area contributed by atoms with E-state index in [0.717, 1.165) is 55.7 Å². The van der Waals surface area contributed by atoms with Gasteiger partial charge in [-0.15, -0.1) is 5.06 Å². The molecule has 0 saturated carbocycles. The van der Waals surface area contributed by atoms with Crippen LogP contribution in [0.4, 0.5) is 0 Å². The van der Waals surface area contributed by atoms with E-state index in [-0.39, 0.29) is 12.0 Å². The molecule has 5 aromatic rings. The Hall–Kier alpha value is -4.61. The van der Waals surface area contributed by atoms with Crippen molar-refractivity contribution in [1.29, 1.82) is 0 Å². The molecule has 42 heavy (non-hydrogen) atoms. The van der Waals surface area contributed by atoms with Crippen molar-refractivity contribution < 1.29 is 14.3 Å². The van der Waals surface area contributed by atoms with Crippen LogP contribution in [-0.2, 0) is 18.1 Å². The van der Waals surface area contributed by atoms with Crippen LogP contribution in [0.5, 0.6) is 11.5 Å². The summed E-state index contributed by atoms with van der Waals surface area (Å²) in [6.45, 7) is 8.17. The second-order valence-electron chi connectivity index (χ2n) is 10.9. The van der Waals surface area contributed by atoms with Gasteiger partial charge in [-0.3, -0.25) is 4.98 Å². The number of benzene rings is 4. The fraction of sp³-hybridized carbons (Fsp3) is 0.216. The highest BCUT2D eigenvalue weighted by Crippen LogP contribution is 2.47. The molecule has 1 aromatic heterocycles. The zero-order chi connectivity index (χ0) is 28.9. The van der Waals surface area contributed by atoms with Crippen molar-refractivity contribution in [2.24, 2.45) is 0 Å². The predicted octanol–water partition coefficient (Wildman–Crippen LogP) is 8.87. The van der Waals surface area contributed by atoms with E-state index >= 15 is 0 Å². The first-order valence-corrected chi connectivity index (χ1v) is 14.6. The molecule has 0 spiro atoms. The van der Waals surface area contributed by atoms with E-state index in [9.17, 15) is 0 Å². The minimum absolute atomic E-state index is 0.152. The SMILES string of the molecule is CCN1OC=C(c2ccc3cnccc3c2)C1c1cc(C(C)C)c(OCc2ccccc2)cc1OCc1ccccc1. The van der Waals surface area contributed by atoms with Gasteiger partial charge >= 0.3 is 0 Å². The summed E-state index contributed by atoms with van der Waals surface area (Å²) in [7, 11) is 0. The summed E-state index contributed by atoms with van der Waals surface area (Å²) in [5, 5.41) is 4.27. The number of rotatable bonds is 10. The molecule has 1 aliphatic heterocycles. The molecule has 5 nitrogen and oxygen atoms in total. The standard InChI is InChI=1S/C37H36N2O3/c1-4-39-37(34(25-42-39)30-15-16-31-22-38-18-17-29(31)19-30)33-20-32(26(2)3)35(40-23-27-11-7-5-8-12-27)21-36(33)41-24-28-13-9-6-10-14-28/h5-22,25-26,37H,4,23-24H2,1-3H3. The largest absolute Gasteiger partial charge is 0.488 e. The summed E-state index contributed by atoms with van der Waals surface area (Å²) >= 11 is 0. The van der Waals surface area contributed by atoms with Gasteiger partial charge in [-0.1, -0.05) is 86.6 Å². The molecule has 212 valence electrons. The third kappa shape index (κ3) is 5.88. The Balaban J connectivity index is 1.43. The van der Waals surface area contributed by atoms with Gasteiger partial charge < -0.3 is 14.3 Å². The van der Waals surface area contributed by atoms with Gasteiger partial charge in [0.05, 0.1) is 0 Å². The first-order valence-electron chi connectivity index (χ1n) is 14.6. The van der Waals surface area contributed by atoms with Gasteiger partial charge in [0.15, 0.2) is 0 Å². The number of aromatic nitrogens is 1. The van der Waals surface area contributed by atoms with Crippen molar-refractivity contribution >= 4 is 16.3 Å². The number of hydrogen-bond donors (Lipinski definition) is 0. The average Bonchev–Trinajstić information content (AvgIpc) is 3.47. The molecule has 1 unspecified atom stereocenters. The maximum Gasteiger partial charge on any atom is 0.128 e. The highest BCUT2D eigenvalue weighted by molar-refractivity contribution is 5.86. The van der Waals surface area contributed by atoms with Gasteiger partial charge in [0.2, 0.25) is 0 Å². The van der Waals surface area contributed by atoms with Gasteiger partial charge in [-0.05, 0) is 58.7 Å². The van der Waals surface area contributed by atoms with Crippen LogP contribution in [0.1, 0.15) is 60.5 Å². The Labute approximate surface area is 248 Å². The topological polar surface area (TPSA) is 43.8 Å². The van der Waals surface area contributed by atoms with Gasteiger partial charge in [0, 0.05) is 41.5 Å². The van der Waals surface area contributed by atoms with Crippen molar-refractivity contribution in [3.63, 3.8) is 0 Å². The third-order valence-electron chi connectivity index (χ3n) is 7.72. The Morgan fingerprint density at radius 1 is 0.786 bits per heavy atom. The van der Waals surface area contributed by atoms with Crippen LogP contribution in [0.25, 0.3) is 16.3 Å². The van der Waals surface area contributed by atoms with Crippen molar-refractivity contribution in [3.05, 3.63) is 144 Å². The molecule has 0 radical (unpaired) electrons. The first-order chi connectivity index (χ1) is 20.6. The molecule has 1 aliphatic rings. The molecule has 1 atom stereocenters. The van der Waals surface area contributed by atoms with Crippen LogP contribution >= 0.6 is 0 Å². The van der Waals surface area contributed by atoms with Crippen LogP contribution in [0.3, 0.4) is 0 Å². The van der Waals surface area contributed by atoms with Gasteiger partial charge in [0.25, 0.3) is 0 Å². The highest BCUT2D eigenvalue weighted by Gasteiger charge is 2.34. The van der Waals surface area contributed by atoms with Crippen molar-refractivity contribution in [2.45, 2.75) is 45.9 Å². The third-order valence-corrected chi connectivity index (χ3v) is 7.72. The molecule has 6 rings (SSSR count). The zero-order valence-electron chi connectivity index (χ0n) is 24.4. The summed E-state index contributed by atoms with van der Waals surface area (Å²) < 4.78 is 13.1. The maximum atomic E-state index is 6.61. The molecule has 0 saturated heterocycles. The zero-order valence-corrected chi connectivity index (χ0v) is 24.4. The number of ether oxygens (including phenoxy) is 2. The highest BCUT2D eigenvalue weighted by atomic mass is 16.7. The summed E-state index contributed by atoms with van der Waals surface area (Å²) in [6, 6.07) is 33.2. The molecule has 0 bridgehead atoms. The molecule has 4 aromatic carbocycles. The lowest BCUT2D eigenvalue weighted by molar-refractivity contribution is -0.100. The lowest BCUT2D eigenvalue weighted by Gasteiger charge is -2.28. The lowest BCUT2D eigenvalue weighted by Crippen LogP contribution is -2.24. The van der Waals surface area contributed by atoms with E-state index in [1.165, 1.54) is 0 Å². The summed E-state index contributed by atoms with van der Waals surface area (Å²) in [4.78, 5) is 10.5. The van der Waals surface area contributed by atoms with E-state index in [2.05, 4.69) is 80.4 Å². The predicted molar refractivity (Wildman–Crippen MR) is 168 cm³/mol. The molecular formula is C37H36N2O3. The van der Waals surface area contributed by atoms with E-state index in [4.69, 9.17) is 14.3 Å². The molecule has 5 heteroatoms. The monoisotopic (exact) mass is 556 g/mol. The fourth-order valence-corrected chi connectivity index (χ4v) is 5.45. The van der Waals surface area contributed by atoms with Crippen molar-refractivity contribution in [3.8, 4) is 11.5 Å². The smallest absolute Gasteiger partial charge is 0.128 e. The second-order valence-corrected chi connectivity index (χ2v) is 10.9. The summed E-state index contributed by atoms with van der Waals surface area (Å²) in [6.07, 6.45) is 5.61. The maximum absolute atomic E-state index is 6.61. The van der Waals surface area contributed by atoms with Gasteiger partial charge in [-0.2, -0.15) is 0 Å². The lowest BCUT2D eigenvalue weighted by atomic mass is 9.89. The molecule has 0 aliphatic carbocycles. The quantitative estimate of drug-likeness (QED) is 0.172. The Bertz CT molecular complexity index is 1680. The number of likely N-dealkylation sites (N-methyl/N-ethyl adjacent to an activating group) is 1. The fourth-order valence-electron chi connectivity index (χ4n) is 5.45. The Morgan fingerprint density at radius 2 is 1.48 bits per heavy atom. The van der Waals surface area contributed by atoms with E-state index < -0.39 is 0 Å². The van der Waals surface area contributed by atoms with Crippen LogP contribution < -0.4 is 9.47 Å². The first kappa shape index (κ1) is 27.6. The second kappa shape index (κ2) is 12.5. The van der Waals surface area contributed by atoms with Crippen LogP contribution in [0.15, 0.2) is 116 Å². The van der Waals surface area contributed by atoms with E-state index in [1.807, 2.05) is 66.2 Å². The molecule has 0 N–H and O–H groups in total. The molecule has 0 amide bonds. The number of pyridine rings is 1. The van der Waals surface area contributed by atoms with E-state index in [0.29, 0.717) is 19.8 Å². The number of hydrogen-bond acceptors (Lipinski definition) is 5. The van der Waals surface area contributed by atoms with Crippen molar-refractivity contribution in [1.82, 2.24) is 10.0 Å². The summed E-state index contributed by atoms with van der Waals surface area (Å²) in [5.41, 5.74) is 6.63. The minimum atomic E-state index is -0.152. The average molecular weight is 557 g/mol. The molecule has 0 fully saturated rings. The molecule has 2 heterocycles. The van der Waals surface area contributed by atoms with E-state index in [1.54, 1.807) is 0 Å². The van der Waals surface area contributed by atoms with Gasteiger partial charge in [0.1, 0.15) is 37.0 Å².